The summed E-state index contributed by atoms with van der Waals surface area (Å²) in [4.78, 5) is 24.7. The van der Waals surface area contributed by atoms with Gasteiger partial charge in [-0.25, -0.2) is 9.18 Å². The van der Waals surface area contributed by atoms with Gasteiger partial charge in [0.2, 0.25) is 0 Å². The largest absolute Gasteiger partial charge is 0.445 e. The first-order chi connectivity index (χ1) is 11.3. The smallest absolute Gasteiger partial charge is 0.339 e. The molecule has 24 heavy (non-hydrogen) atoms. The van der Waals surface area contributed by atoms with Crippen LogP contribution in [0.15, 0.2) is 36.4 Å². The maximum Gasteiger partial charge on any atom is 0.339 e. The maximum absolute atomic E-state index is 13.4. The second-order valence-electron chi connectivity index (χ2n) is 5.68. The molecule has 0 saturated carbocycles. The quantitative estimate of drug-likeness (QED) is 0.807. The monoisotopic (exact) mass is 367 g/mol. The average Bonchev–Trinajstić information content (AvgIpc) is 2.50. The number of rotatable bonds is 2. The lowest BCUT2D eigenvalue weighted by Gasteiger charge is -2.33. The van der Waals surface area contributed by atoms with Crippen LogP contribution >= 0.6 is 23.2 Å². The van der Waals surface area contributed by atoms with E-state index in [1.807, 2.05) is 0 Å². The number of amides is 1. The van der Waals surface area contributed by atoms with Crippen LogP contribution in [-0.4, -0.2) is 17.5 Å². The molecule has 1 unspecified atom stereocenters. The third-order valence-corrected chi connectivity index (χ3v) is 4.53. The van der Waals surface area contributed by atoms with Crippen LogP contribution < -0.4 is 5.32 Å². The van der Waals surface area contributed by atoms with Crippen molar-refractivity contribution < 1.29 is 18.7 Å². The van der Waals surface area contributed by atoms with Crippen molar-refractivity contribution in [3.8, 4) is 0 Å². The number of esters is 1. The van der Waals surface area contributed by atoms with Gasteiger partial charge < -0.3 is 10.1 Å². The molecule has 0 spiro atoms. The Labute approximate surface area is 147 Å². The van der Waals surface area contributed by atoms with Crippen molar-refractivity contribution in [3.05, 3.63) is 63.4 Å². The zero-order valence-corrected chi connectivity index (χ0v) is 14.0. The summed E-state index contributed by atoms with van der Waals surface area (Å²) in [5.74, 6) is -1.68. The van der Waals surface area contributed by atoms with Gasteiger partial charge in [0.25, 0.3) is 5.91 Å². The minimum atomic E-state index is -1.45. The second kappa shape index (κ2) is 6.07. The molecular formula is C17H12Cl2FNO3. The van der Waals surface area contributed by atoms with Gasteiger partial charge in [-0.2, -0.15) is 0 Å². The summed E-state index contributed by atoms with van der Waals surface area (Å²) < 4.78 is 18.7. The van der Waals surface area contributed by atoms with E-state index in [1.54, 1.807) is 12.1 Å². The molecule has 1 heterocycles. The number of halogens is 3. The molecule has 1 amide bonds. The molecule has 0 bridgehead atoms. The SMILES string of the molecule is CC1(C(=O)Nc2ccc(Cl)c(Cl)c2)Cc2cc(F)ccc2C(=O)O1. The zero-order valence-electron chi connectivity index (χ0n) is 12.5. The second-order valence-corrected chi connectivity index (χ2v) is 6.50. The van der Waals surface area contributed by atoms with Crippen LogP contribution in [0.25, 0.3) is 0 Å². The molecule has 4 nitrogen and oxygen atoms in total. The van der Waals surface area contributed by atoms with E-state index in [0.29, 0.717) is 16.3 Å². The Hall–Kier alpha value is -2.11. The van der Waals surface area contributed by atoms with Gasteiger partial charge in [0.1, 0.15) is 5.82 Å². The number of hydrogen-bond acceptors (Lipinski definition) is 3. The molecule has 7 heteroatoms. The molecule has 1 aliphatic rings. The molecule has 0 radical (unpaired) electrons. The van der Waals surface area contributed by atoms with Crippen LogP contribution in [0.1, 0.15) is 22.8 Å². The first-order valence-electron chi connectivity index (χ1n) is 7.07. The van der Waals surface area contributed by atoms with Gasteiger partial charge in [-0.15, -0.1) is 0 Å². The van der Waals surface area contributed by atoms with E-state index in [0.717, 1.165) is 0 Å². The minimum Gasteiger partial charge on any atom is -0.445 e. The van der Waals surface area contributed by atoms with Crippen LogP contribution in [0.5, 0.6) is 0 Å². The van der Waals surface area contributed by atoms with Crippen molar-refractivity contribution in [2.75, 3.05) is 5.32 Å². The Bertz CT molecular complexity index is 856. The predicted molar refractivity (Wildman–Crippen MR) is 89.0 cm³/mol. The summed E-state index contributed by atoms with van der Waals surface area (Å²) in [7, 11) is 0. The van der Waals surface area contributed by atoms with Gasteiger partial charge in [0.15, 0.2) is 5.60 Å². The molecule has 1 N–H and O–H groups in total. The fourth-order valence-electron chi connectivity index (χ4n) is 2.53. The molecule has 0 aliphatic carbocycles. The van der Waals surface area contributed by atoms with Crippen molar-refractivity contribution in [1.29, 1.82) is 0 Å². The molecule has 1 atom stereocenters. The normalized spacial score (nSPS) is 19.4. The minimum absolute atomic E-state index is 0.0684. The maximum atomic E-state index is 13.4. The third kappa shape index (κ3) is 3.09. The zero-order chi connectivity index (χ0) is 17.5. The lowest BCUT2D eigenvalue weighted by molar-refractivity contribution is -0.134. The molecule has 3 rings (SSSR count). The Balaban J connectivity index is 1.86. The molecule has 1 aliphatic heterocycles. The van der Waals surface area contributed by atoms with Crippen molar-refractivity contribution in [2.45, 2.75) is 18.9 Å². The predicted octanol–water partition coefficient (Wildman–Crippen LogP) is 4.24. The number of anilines is 1. The number of benzene rings is 2. The summed E-state index contributed by atoms with van der Waals surface area (Å²) in [6.07, 6.45) is 0.0684. The molecule has 2 aromatic carbocycles. The van der Waals surface area contributed by atoms with Crippen LogP contribution in [0, 0.1) is 5.82 Å². The number of nitrogens with one attached hydrogen (secondary N) is 1. The summed E-state index contributed by atoms with van der Waals surface area (Å²) in [6, 6.07) is 8.37. The van der Waals surface area contributed by atoms with Crippen LogP contribution in [-0.2, 0) is 16.0 Å². The highest BCUT2D eigenvalue weighted by atomic mass is 35.5. The molecule has 0 fully saturated rings. The number of fused-ring (bicyclic) bond motifs is 1. The third-order valence-electron chi connectivity index (χ3n) is 3.79. The van der Waals surface area contributed by atoms with Crippen LogP contribution in [0.4, 0.5) is 10.1 Å². The van der Waals surface area contributed by atoms with E-state index >= 15 is 0 Å². The van der Waals surface area contributed by atoms with Crippen molar-refractivity contribution >= 4 is 40.8 Å². The van der Waals surface area contributed by atoms with Gasteiger partial charge in [-0.3, -0.25) is 4.79 Å². The Morgan fingerprint density at radius 3 is 2.67 bits per heavy atom. The fraction of sp³-hybridized carbons (Fsp3) is 0.176. The number of ether oxygens (including phenoxy) is 1. The fourth-order valence-corrected chi connectivity index (χ4v) is 2.83. The standard InChI is InChI=1S/C17H12Cl2FNO3/c1-17(16(23)21-11-3-5-13(18)14(19)7-11)8-9-6-10(20)2-4-12(9)15(22)24-17/h2-7H,8H2,1H3,(H,21,23). The topological polar surface area (TPSA) is 55.4 Å². The molecule has 0 saturated heterocycles. The van der Waals surface area contributed by atoms with Gasteiger partial charge in [-0.05, 0) is 48.9 Å². The van der Waals surface area contributed by atoms with E-state index in [1.165, 1.54) is 31.2 Å². The number of hydrogen-bond donors (Lipinski definition) is 1. The Morgan fingerprint density at radius 2 is 1.96 bits per heavy atom. The van der Waals surface area contributed by atoms with Crippen LogP contribution in [0.3, 0.4) is 0 Å². The van der Waals surface area contributed by atoms with Crippen molar-refractivity contribution in [2.24, 2.45) is 0 Å². The summed E-state index contributed by atoms with van der Waals surface area (Å²) in [6.45, 7) is 1.48. The summed E-state index contributed by atoms with van der Waals surface area (Å²) in [5, 5.41) is 3.27. The summed E-state index contributed by atoms with van der Waals surface area (Å²) in [5.41, 5.74) is -0.352. The van der Waals surface area contributed by atoms with E-state index < -0.39 is 23.3 Å². The first kappa shape index (κ1) is 16.7. The van der Waals surface area contributed by atoms with E-state index in [9.17, 15) is 14.0 Å². The highest BCUT2D eigenvalue weighted by molar-refractivity contribution is 6.42. The van der Waals surface area contributed by atoms with E-state index in [2.05, 4.69) is 5.32 Å². The molecule has 2 aromatic rings. The van der Waals surface area contributed by atoms with E-state index in [-0.39, 0.29) is 17.0 Å². The lowest BCUT2D eigenvalue weighted by Crippen LogP contribution is -2.49. The number of cyclic esters (lactones) is 1. The molecule has 124 valence electrons. The van der Waals surface area contributed by atoms with Crippen molar-refractivity contribution in [3.63, 3.8) is 0 Å². The molecular weight excluding hydrogens is 356 g/mol. The van der Waals surface area contributed by atoms with Crippen molar-refractivity contribution in [1.82, 2.24) is 0 Å². The Kier molecular flexibility index (Phi) is 4.24. The first-order valence-corrected chi connectivity index (χ1v) is 7.82. The van der Waals surface area contributed by atoms with Gasteiger partial charge >= 0.3 is 5.97 Å². The van der Waals surface area contributed by atoms with Gasteiger partial charge in [-0.1, -0.05) is 23.2 Å². The highest BCUT2D eigenvalue weighted by Gasteiger charge is 2.42. The summed E-state index contributed by atoms with van der Waals surface area (Å²) >= 11 is 11.7. The highest BCUT2D eigenvalue weighted by Crippen LogP contribution is 2.31. The van der Waals surface area contributed by atoms with E-state index in [4.69, 9.17) is 27.9 Å². The number of carbonyl (C=O) groups is 2. The average molecular weight is 368 g/mol. The number of carbonyl (C=O) groups excluding carboxylic acids is 2. The molecule has 0 aromatic heterocycles. The van der Waals surface area contributed by atoms with Gasteiger partial charge in [0, 0.05) is 12.1 Å². The lowest BCUT2D eigenvalue weighted by atomic mass is 9.89. The van der Waals surface area contributed by atoms with Crippen LogP contribution in [0.2, 0.25) is 10.0 Å². The Morgan fingerprint density at radius 1 is 1.21 bits per heavy atom. The van der Waals surface area contributed by atoms with Gasteiger partial charge in [0.05, 0.1) is 15.6 Å².